The lowest BCUT2D eigenvalue weighted by molar-refractivity contribution is 0.0993. The number of aromatic nitrogens is 2. The minimum absolute atomic E-state index is 0.125. The number of aryl methyl sites for hydroxylation is 1. The van der Waals surface area contributed by atoms with E-state index in [0.29, 0.717) is 18.3 Å². The van der Waals surface area contributed by atoms with E-state index in [4.69, 9.17) is 9.97 Å². The summed E-state index contributed by atoms with van der Waals surface area (Å²) in [6.07, 6.45) is 7.88. The molecule has 0 amide bonds. The van der Waals surface area contributed by atoms with Gasteiger partial charge >= 0.3 is 0 Å². The second-order valence-corrected chi connectivity index (χ2v) is 7.95. The molecule has 0 spiro atoms. The molecule has 29 heavy (non-hydrogen) atoms. The fourth-order valence-corrected chi connectivity index (χ4v) is 3.72. The number of ketones is 1. The summed E-state index contributed by atoms with van der Waals surface area (Å²) in [5.74, 6) is 1.79. The summed E-state index contributed by atoms with van der Waals surface area (Å²) >= 11 is 0. The van der Waals surface area contributed by atoms with Gasteiger partial charge in [-0.1, -0.05) is 48.0 Å². The summed E-state index contributed by atoms with van der Waals surface area (Å²) in [6, 6.07) is 16.3. The van der Waals surface area contributed by atoms with E-state index in [2.05, 4.69) is 17.5 Å². The molecule has 4 heteroatoms. The number of benzene rings is 2. The third-order valence-corrected chi connectivity index (χ3v) is 5.44. The van der Waals surface area contributed by atoms with Crippen LogP contribution in [0.1, 0.15) is 45.6 Å². The maximum Gasteiger partial charge on any atom is 0.167 e. The molecule has 2 aliphatic carbocycles. The second-order valence-electron chi connectivity index (χ2n) is 7.95. The standard InChI is InChI=1S/C25H23N3O/c1-16-5-2-7-18(13-16)23(29)15-17-6-3-8-19(14-17)24-27-22-10-4-9-21(22)25(28-24)26-20-11-12-20/h2-8,10,13-14,20H,9,11-12,15H2,1H3,(H,26,27,28). The zero-order chi connectivity index (χ0) is 19.8. The van der Waals surface area contributed by atoms with Gasteiger partial charge in [-0.15, -0.1) is 0 Å². The van der Waals surface area contributed by atoms with Crippen molar-refractivity contribution in [1.29, 1.82) is 0 Å². The highest BCUT2D eigenvalue weighted by Gasteiger charge is 2.25. The number of allylic oxidation sites excluding steroid dienone is 1. The SMILES string of the molecule is Cc1cccc(C(=O)Cc2cccc(-c3nc4c(c(NC5CC5)n3)CC=C4)c2)c1. The Morgan fingerprint density at radius 1 is 1.10 bits per heavy atom. The molecule has 4 nitrogen and oxygen atoms in total. The van der Waals surface area contributed by atoms with Crippen molar-refractivity contribution in [2.75, 3.05) is 5.32 Å². The molecule has 0 bridgehead atoms. The van der Waals surface area contributed by atoms with E-state index in [1.165, 1.54) is 18.4 Å². The summed E-state index contributed by atoms with van der Waals surface area (Å²) < 4.78 is 0. The van der Waals surface area contributed by atoms with Gasteiger partial charge in [0.15, 0.2) is 11.6 Å². The number of rotatable bonds is 6. The van der Waals surface area contributed by atoms with E-state index < -0.39 is 0 Å². The molecule has 5 rings (SSSR count). The van der Waals surface area contributed by atoms with Gasteiger partial charge in [0.1, 0.15) is 5.82 Å². The number of anilines is 1. The van der Waals surface area contributed by atoms with Crippen LogP contribution in [0.25, 0.3) is 17.5 Å². The summed E-state index contributed by atoms with van der Waals surface area (Å²) in [6.45, 7) is 2.00. The van der Waals surface area contributed by atoms with Crippen molar-refractivity contribution in [2.24, 2.45) is 0 Å². The molecule has 0 saturated heterocycles. The van der Waals surface area contributed by atoms with Crippen molar-refractivity contribution in [1.82, 2.24) is 9.97 Å². The fraction of sp³-hybridized carbons (Fsp3) is 0.240. The third-order valence-electron chi connectivity index (χ3n) is 5.44. The van der Waals surface area contributed by atoms with Crippen LogP contribution in [0.3, 0.4) is 0 Å². The first kappa shape index (κ1) is 17.8. The Kier molecular flexibility index (Phi) is 4.47. The van der Waals surface area contributed by atoms with E-state index in [1.807, 2.05) is 55.5 Å². The fourth-order valence-electron chi connectivity index (χ4n) is 3.72. The second kappa shape index (κ2) is 7.28. The number of carbonyl (C=O) groups is 1. The molecule has 0 radical (unpaired) electrons. The van der Waals surface area contributed by atoms with Gasteiger partial charge in [0.05, 0.1) is 5.69 Å². The van der Waals surface area contributed by atoms with Crippen LogP contribution >= 0.6 is 0 Å². The van der Waals surface area contributed by atoms with Gasteiger partial charge < -0.3 is 5.32 Å². The van der Waals surface area contributed by atoms with Gasteiger partial charge in [-0.05, 0) is 50.0 Å². The molecule has 1 heterocycles. The van der Waals surface area contributed by atoms with Gasteiger partial charge in [0.25, 0.3) is 0 Å². The molecule has 1 N–H and O–H groups in total. The highest BCUT2D eigenvalue weighted by atomic mass is 16.1. The zero-order valence-electron chi connectivity index (χ0n) is 16.5. The van der Waals surface area contributed by atoms with E-state index in [9.17, 15) is 4.79 Å². The van der Waals surface area contributed by atoms with Crippen molar-refractivity contribution in [3.8, 4) is 11.4 Å². The normalized spacial score (nSPS) is 14.7. The third kappa shape index (κ3) is 3.83. The average Bonchev–Trinajstić information content (AvgIpc) is 3.41. The summed E-state index contributed by atoms with van der Waals surface area (Å²) in [5.41, 5.74) is 5.96. The first-order chi connectivity index (χ1) is 14.2. The Hall–Kier alpha value is -3.27. The van der Waals surface area contributed by atoms with Gasteiger partial charge in [0.2, 0.25) is 0 Å². The Bertz CT molecular complexity index is 1130. The van der Waals surface area contributed by atoms with Crippen molar-refractivity contribution < 1.29 is 4.79 Å². The van der Waals surface area contributed by atoms with Crippen LogP contribution in [-0.2, 0) is 12.8 Å². The molecule has 0 unspecified atom stereocenters. The largest absolute Gasteiger partial charge is 0.367 e. The first-order valence-electron chi connectivity index (χ1n) is 10.2. The Morgan fingerprint density at radius 2 is 1.97 bits per heavy atom. The first-order valence-corrected chi connectivity index (χ1v) is 10.2. The van der Waals surface area contributed by atoms with Crippen LogP contribution in [0.5, 0.6) is 0 Å². The molecule has 0 aliphatic heterocycles. The van der Waals surface area contributed by atoms with Gasteiger partial charge in [-0.25, -0.2) is 9.97 Å². The molecule has 2 aliphatic rings. The number of carbonyl (C=O) groups excluding carboxylic acids is 1. The number of Topliss-reactive ketones (excluding diaryl/α,β-unsaturated/α-hetero) is 1. The Balaban J connectivity index is 1.44. The van der Waals surface area contributed by atoms with Crippen LogP contribution in [-0.4, -0.2) is 21.8 Å². The van der Waals surface area contributed by atoms with Crippen molar-refractivity contribution >= 4 is 17.7 Å². The smallest absolute Gasteiger partial charge is 0.167 e. The number of fused-ring (bicyclic) bond motifs is 1. The minimum Gasteiger partial charge on any atom is -0.367 e. The lowest BCUT2D eigenvalue weighted by Crippen LogP contribution is -2.09. The molecule has 1 fully saturated rings. The minimum atomic E-state index is 0.125. The van der Waals surface area contributed by atoms with Crippen LogP contribution in [0.2, 0.25) is 0 Å². The highest BCUT2D eigenvalue weighted by molar-refractivity contribution is 5.97. The summed E-state index contributed by atoms with van der Waals surface area (Å²) in [7, 11) is 0. The molecule has 2 aromatic carbocycles. The van der Waals surface area contributed by atoms with Crippen LogP contribution in [0.15, 0.2) is 54.6 Å². The summed E-state index contributed by atoms with van der Waals surface area (Å²) in [5, 5.41) is 3.55. The average molecular weight is 381 g/mol. The predicted octanol–water partition coefficient (Wildman–Crippen LogP) is 5.02. The van der Waals surface area contributed by atoms with Gasteiger partial charge in [0, 0.05) is 29.2 Å². The van der Waals surface area contributed by atoms with Gasteiger partial charge in [-0.2, -0.15) is 0 Å². The van der Waals surface area contributed by atoms with Crippen LogP contribution < -0.4 is 5.32 Å². The zero-order valence-corrected chi connectivity index (χ0v) is 16.5. The van der Waals surface area contributed by atoms with Crippen LogP contribution in [0, 0.1) is 6.92 Å². The van der Waals surface area contributed by atoms with E-state index >= 15 is 0 Å². The maximum absolute atomic E-state index is 12.7. The molecule has 0 atom stereocenters. The molecular formula is C25H23N3O. The van der Waals surface area contributed by atoms with E-state index in [1.54, 1.807) is 0 Å². The van der Waals surface area contributed by atoms with Crippen LogP contribution in [0.4, 0.5) is 5.82 Å². The lowest BCUT2D eigenvalue weighted by Gasteiger charge is -2.12. The summed E-state index contributed by atoms with van der Waals surface area (Å²) in [4.78, 5) is 22.3. The Morgan fingerprint density at radius 3 is 2.79 bits per heavy atom. The number of nitrogens with zero attached hydrogens (tertiary/aromatic N) is 2. The maximum atomic E-state index is 12.7. The quantitative estimate of drug-likeness (QED) is 0.609. The van der Waals surface area contributed by atoms with E-state index in [0.717, 1.165) is 40.2 Å². The number of nitrogens with one attached hydrogen (secondary N) is 1. The molecule has 1 saturated carbocycles. The monoisotopic (exact) mass is 381 g/mol. The molecular weight excluding hydrogens is 358 g/mol. The number of hydrogen-bond donors (Lipinski definition) is 1. The molecule has 3 aromatic rings. The molecule has 1 aromatic heterocycles. The highest BCUT2D eigenvalue weighted by Crippen LogP contribution is 2.32. The topological polar surface area (TPSA) is 54.9 Å². The molecule has 144 valence electrons. The van der Waals surface area contributed by atoms with Crippen molar-refractivity contribution in [3.05, 3.63) is 82.6 Å². The van der Waals surface area contributed by atoms with E-state index in [-0.39, 0.29) is 5.78 Å². The van der Waals surface area contributed by atoms with Crippen molar-refractivity contribution in [3.63, 3.8) is 0 Å². The number of hydrogen-bond acceptors (Lipinski definition) is 4. The van der Waals surface area contributed by atoms with Gasteiger partial charge in [-0.3, -0.25) is 4.79 Å². The predicted molar refractivity (Wildman–Crippen MR) is 116 cm³/mol. The lowest BCUT2D eigenvalue weighted by atomic mass is 10.00. The van der Waals surface area contributed by atoms with Crippen molar-refractivity contribution in [2.45, 2.75) is 38.6 Å². The Labute approximate surface area is 170 Å².